The number of H-pyrrole nitrogens is 1. The van der Waals surface area contributed by atoms with Gasteiger partial charge in [0.1, 0.15) is 0 Å². The molecule has 142 valence electrons. The van der Waals surface area contributed by atoms with Crippen LogP contribution in [0.15, 0.2) is 54.7 Å². The topological polar surface area (TPSA) is 56.9 Å². The van der Waals surface area contributed by atoms with Gasteiger partial charge in [-0.1, -0.05) is 57.2 Å². The molecule has 27 heavy (non-hydrogen) atoms. The summed E-state index contributed by atoms with van der Waals surface area (Å²) in [5, 5.41) is 7.71. The fraction of sp³-hybridized carbons (Fsp3) is 0.348. The SMILES string of the molecule is CC(C)(C)c1ccccc1NC(=O)CCNCCc1c[nH]c2ccccc12. The second kappa shape index (κ2) is 8.40. The minimum absolute atomic E-state index is 0.00144. The van der Waals surface area contributed by atoms with Crippen LogP contribution < -0.4 is 10.6 Å². The van der Waals surface area contributed by atoms with E-state index in [0.29, 0.717) is 13.0 Å². The molecule has 3 rings (SSSR count). The number of amides is 1. The highest BCUT2D eigenvalue weighted by molar-refractivity contribution is 5.91. The van der Waals surface area contributed by atoms with E-state index in [2.05, 4.69) is 66.9 Å². The van der Waals surface area contributed by atoms with Crippen LogP contribution in [0.2, 0.25) is 0 Å². The number of anilines is 1. The van der Waals surface area contributed by atoms with Gasteiger partial charge < -0.3 is 15.6 Å². The Morgan fingerprint density at radius 3 is 2.56 bits per heavy atom. The molecule has 0 aliphatic carbocycles. The van der Waals surface area contributed by atoms with Crippen LogP contribution in [0, 0.1) is 0 Å². The minimum atomic E-state index is 0.00144. The molecule has 0 aliphatic rings. The summed E-state index contributed by atoms with van der Waals surface area (Å²) in [5.41, 5.74) is 4.55. The Labute approximate surface area is 161 Å². The van der Waals surface area contributed by atoms with Gasteiger partial charge in [0.25, 0.3) is 0 Å². The standard InChI is InChI=1S/C23H29N3O/c1-23(2,3)19-9-5-7-11-21(19)26-22(27)13-15-24-14-12-17-16-25-20-10-6-4-8-18(17)20/h4-11,16,24-25H,12-15H2,1-3H3,(H,26,27). The number of benzene rings is 2. The molecule has 3 aromatic rings. The van der Waals surface area contributed by atoms with E-state index in [1.165, 1.54) is 16.5 Å². The Morgan fingerprint density at radius 2 is 1.74 bits per heavy atom. The fourth-order valence-corrected chi connectivity index (χ4v) is 3.35. The van der Waals surface area contributed by atoms with E-state index in [1.54, 1.807) is 0 Å². The van der Waals surface area contributed by atoms with Crippen LogP contribution in [-0.2, 0) is 16.6 Å². The molecule has 3 N–H and O–H groups in total. The van der Waals surface area contributed by atoms with E-state index in [-0.39, 0.29) is 11.3 Å². The molecular formula is C23H29N3O. The zero-order chi connectivity index (χ0) is 19.3. The van der Waals surface area contributed by atoms with Gasteiger partial charge in [-0.15, -0.1) is 0 Å². The van der Waals surface area contributed by atoms with E-state index in [4.69, 9.17) is 0 Å². The van der Waals surface area contributed by atoms with Crippen molar-refractivity contribution in [1.82, 2.24) is 10.3 Å². The number of para-hydroxylation sites is 2. The number of hydrogen-bond acceptors (Lipinski definition) is 2. The van der Waals surface area contributed by atoms with Gasteiger partial charge in [0, 0.05) is 35.8 Å². The van der Waals surface area contributed by atoms with Crippen molar-refractivity contribution in [3.05, 3.63) is 65.9 Å². The largest absolute Gasteiger partial charge is 0.361 e. The molecule has 0 saturated carbocycles. The first-order valence-electron chi connectivity index (χ1n) is 9.60. The van der Waals surface area contributed by atoms with Crippen LogP contribution in [-0.4, -0.2) is 24.0 Å². The van der Waals surface area contributed by atoms with Crippen molar-refractivity contribution in [1.29, 1.82) is 0 Å². The summed E-state index contributed by atoms with van der Waals surface area (Å²) < 4.78 is 0. The second-order valence-corrected chi connectivity index (χ2v) is 7.95. The molecule has 0 fully saturated rings. The van der Waals surface area contributed by atoms with E-state index >= 15 is 0 Å². The predicted octanol–water partition coefficient (Wildman–Crippen LogP) is 4.63. The molecule has 0 unspecified atom stereocenters. The average molecular weight is 364 g/mol. The summed E-state index contributed by atoms with van der Waals surface area (Å²) in [4.78, 5) is 15.6. The van der Waals surface area contributed by atoms with Crippen molar-refractivity contribution in [3.63, 3.8) is 0 Å². The maximum absolute atomic E-state index is 12.3. The molecule has 0 atom stereocenters. The Kier molecular flexibility index (Phi) is 5.97. The van der Waals surface area contributed by atoms with Crippen LogP contribution >= 0.6 is 0 Å². The third-order valence-corrected chi connectivity index (χ3v) is 4.78. The number of aromatic amines is 1. The van der Waals surface area contributed by atoms with Crippen molar-refractivity contribution < 1.29 is 4.79 Å². The molecule has 0 spiro atoms. The lowest BCUT2D eigenvalue weighted by Crippen LogP contribution is -2.24. The van der Waals surface area contributed by atoms with E-state index in [9.17, 15) is 4.79 Å². The van der Waals surface area contributed by atoms with Gasteiger partial charge in [-0.25, -0.2) is 0 Å². The highest BCUT2D eigenvalue weighted by Gasteiger charge is 2.18. The summed E-state index contributed by atoms with van der Waals surface area (Å²) in [6, 6.07) is 16.4. The van der Waals surface area contributed by atoms with Gasteiger partial charge in [-0.2, -0.15) is 0 Å². The van der Waals surface area contributed by atoms with Crippen LogP contribution in [0.4, 0.5) is 5.69 Å². The molecule has 1 amide bonds. The fourth-order valence-electron chi connectivity index (χ4n) is 3.35. The number of hydrogen-bond donors (Lipinski definition) is 3. The van der Waals surface area contributed by atoms with Crippen molar-refractivity contribution in [2.45, 2.75) is 39.0 Å². The maximum Gasteiger partial charge on any atom is 0.225 e. The number of carbonyl (C=O) groups is 1. The summed E-state index contributed by atoms with van der Waals surface area (Å²) >= 11 is 0. The molecule has 0 saturated heterocycles. The summed E-state index contributed by atoms with van der Waals surface area (Å²) in [7, 11) is 0. The Morgan fingerprint density at radius 1 is 1.00 bits per heavy atom. The first-order chi connectivity index (χ1) is 12.9. The highest BCUT2D eigenvalue weighted by atomic mass is 16.1. The van der Waals surface area contributed by atoms with E-state index < -0.39 is 0 Å². The second-order valence-electron chi connectivity index (χ2n) is 7.95. The van der Waals surface area contributed by atoms with Crippen LogP contribution in [0.1, 0.15) is 38.3 Å². The molecule has 1 heterocycles. The van der Waals surface area contributed by atoms with Gasteiger partial charge >= 0.3 is 0 Å². The average Bonchev–Trinajstić information content (AvgIpc) is 3.04. The molecule has 1 aromatic heterocycles. The van der Waals surface area contributed by atoms with Gasteiger partial charge in [0.15, 0.2) is 0 Å². The third kappa shape index (κ3) is 4.98. The van der Waals surface area contributed by atoms with Crippen LogP contribution in [0.5, 0.6) is 0 Å². The lowest BCUT2D eigenvalue weighted by atomic mass is 9.86. The number of rotatable bonds is 7. The van der Waals surface area contributed by atoms with Crippen molar-refractivity contribution >= 4 is 22.5 Å². The third-order valence-electron chi connectivity index (χ3n) is 4.78. The predicted molar refractivity (Wildman–Crippen MR) is 113 cm³/mol. The van der Waals surface area contributed by atoms with E-state index in [0.717, 1.165) is 24.2 Å². The Hall–Kier alpha value is -2.59. The molecule has 0 aliphatic heterocycles. The van der Waals surface area contributed by atoms with Crippen molar-refractivity contribution in [2.24, 2.45) is 0 Å². The number of carbonyl (C=O) groups excluding carboxylic acids is 1. The Balaban J connectivity index is 1.44. The smallest absolute Gasteiger partial charge is 0.225 e. The molecule has 4 heteroatoms. The summed E-state index contributed by atoms with van der Waals surface area (Å²) in [5.74, 6) is 0.0475. The van der Waals surface area contributed by atoms with Gasteiger partial charge in [0.05, 0.1) is 0 Å². The van der Waals surface area contributed by atoms with Crippen molar-refractivity contribution in [3.8, 4) is 0 Å². The number of aromatic nitrogens is 1. The zero-order valence-corrected chi connectivity index (χ0v) is 16.4. The highest BCUT2D eigenvalue weighted by Crippen LogP contribution is 2.29. The lowest BCUT2D eigenvalue weighted by Gasteiger charge is -2.23. The van der Waals surface area contributed by atoms with E-state index in [1.807, 2.05) is 24.3 Å². The first-order valence-corrected chi connectivity index (χ1v) is 9.60. The molecule has 0 bridgehead atoms. The quantitative estimate of drug-likeness (QED) is 0.536. The normalized spacial score (nSPS) is 11.7. The summed E-state index contributed by atoms with van der Waals surface area (Å²) in [6.45, 7) is 8.00. The van der Waals surface area contributed by atoms with Gasteiger partial charge in [-0.05, 0) is 41.6 Å². The molecule has 0 radical (unpaired) electrons. The molecular weight excluding hydrogens is 334 g/mol. The van der Waals surface area contributed by atoms with Crippen LogP contribution in [0.3, 0.4) is 0 Å². The minimum Gasteiger partial charge on any atom is -0.361 e. The monoisotopic (exact) mass is 363 g/mol. The molecule has 2 aromatic carbocycles. The first kappa shape index (κ1) is 19.2. The van der Waals surface area contributed by atoms with Crippen LogP contribution in [0.25, 0.3) is 10.9 Å². The number of fused-ring (bicyclic) bond motifs is 1. The molecule has 4 nitrogen and oxygen atoms in total. The lowest BCUT2D eigenvalue weighted by molar-refractivity contribution is -0.116. The number of nitrogens with one attached hydrogen (secondary N) is 3. The maximum atomic E-state index is 12.3. The van der Waals surface area contributed by atoms with Gasteiger partial charge in [0.2, 0.25) is 5.91 Å². The summed E-state index contributed by atoms with van der Waals surface area (Å²) in [6.07, 6.45) is 3.48. The van der Waals surface area contributed by atoms with Crippen molar-refractivity contribution in [2.75, 3.05) is 18.4 Å². The Bertz CT molecular complexity index is 905. The van der Waals surface area contributed by atoms with Gasteiger partial charge in [-0.3, -0.25) is 4.79 Å². The zero-order valence-electron chi connectivity index (χ0n) is 16.4.